The zero-order valence-electron chi connectivity index (χ0n) is 12.8. The molecular formula is C18H19NO3S. The Morgan fingerprint density at radius 2 is 1.83 bits per heavy atom. The average Bonchev–Trinajstić information content (AvgIpc) is 3.06. The Balaban J connectivity index is 1.77. The molecule has 2 heterocycles. The van der Waals surface area contributed by atoms with Gasteiger partial charge in [0.2, 0.25) is 0 Å². The number of piperidine rings is 1. The van der Waals surface area contributed by atoms with E-state index < -0.39 is 5.97 Å². The first kappa shape index (κ1) is 15.7. The van der Waals surface area contributed by atoms with E-state index in [1.807, 2.05) is 23.1 Å². The lowest BCUT2D eigenvalue weighted by Gasteiger charge is -2.35. The number of carboxylic acid groups (broad SMARTS) is 1. The van der Waals surface area contributed by atoms with Crippen LogP contribution < -0.4 is 0 Å². The Kier molecular flexibility index (Phi) is 4.76. The number of thiophene rings is 1. The number of hydrogen-bond acceptors (Lipinski definition) is 3. The Hall–Kier alpha value is -2.14. The lowest BCUT2D eigenvalue weighted by atomic mass is 9.95. The Bertz CT molecular complexity index is 695. The second kappa shape index (κ2) is 6.96. The minimum absolute atomic E-state index is 0.0388. The van der Waals surface area contributed by atoms with Crippen molar-refractivity contribution in [2.45, 2.75) is 31.7 Å². The number of carboxylic acids is 1. The fourth-order valence-electron chi connectivity index (χ4n) is 3.08. The molecule has 0 spiro atoms. The first-order valence-electron chi connectivity index (χ1n) is 7.83. The number of carbonyl (C=O) groups is 2. The maximum absolute atomic E-state index is 12.8. The lowest BCUT2D eigenvalue weighted by molar-refractivity contribution is 0.0618. The van der Waals surface area contributed by atoms with Crippen LogP contribution in [0.5, 0.6) is 0 Å². The van der Waals surface area contributed by atoms with Crippen LogP contribution in [0.1, 0.15) is 44.2 Å². The standard InChI is InChI=1S/C18H19NO3S/c20-17(15-9-10-16(23-15)18(21)22)19-11-5-4-8-14(19)12-13-6-2-1-3-7-13/h1-3,6-7,9-10,14H,4-5,8,11-12H2,(H,21,22). The van der Waals surface area contributed by atoms with Crippen molar-refractivity contribution >= 4 is 23.2 Å². The molecule has 0 radical (unpaired) electrons. The van der Waals surface area contributed by atoms with Crippen LogP contribution in [0, 0.1) is 0 Å². The van der Waals surface area contributed by atoms with Gasteiger partial charge in [0.05, 0.1) is 4.88 Å². The molecule has 120 valence electrons. The average molecular weight is 329 g/mol. The summed E-state index contributed by atoms with van der Waals surface area (Å²) in [5, 5.41) is 9.02. The van der Waals surface area contributed by atoms with Crippen LogP contribution in [0.15, 0.2) is 42.5 Å². The molecule has 2 aromatic rings. The highest BCUT2D eigenvalue weighted by molar-refractivity contribution is 7.15. The topological polar surface area (TPSA) is 57.6 Å². The molecule has 1 saturated heterocycles. The van der Waals surface area contributed by atoms with Crippen LogP contribution in [-0.4, -0.2) is 34.5 Å². The summed E-state index contributed by atoms with van der Waals surface area (Å²) < 4.78 is 0. The van der Waals surface area contributed by atoms with E-state index in [1.165, 1.54) is 11.6 Å². The molecule has 1 unspecified atom stereocenters. The summed E-state index contributed by atoms with van der Waals surface area (Å²) in [4.78, 5) is 26.4. The van der Waals surface area contributed by atoms with Crippen molar-refractivity contribution in [3.8, 4) is 0 Å². The number of benzene rings is 1. The molecule has 1 N–H and O–H groups in total. The van der Waals surface area contributed by atoms with Crippen LogP contribution in [0.3, 0.4) is 0 Å². The first-order valence-corrected chi connectivity index (χ1v) is 8.65. The summed E-state index contributed by atoms with van der Waals surface area (Å²) >= 11 is 1.06. The molecule has 1 aliphatic rings. The van der Waals surface area contributed by atoms with E-state index in [0.717, 1.165) is 43.6 Å². The quantitative estimate of drug-likeness (QED) is 0.931. The summed E-state index contributed by atoms with van der Waals surface area (Å²) in [6.07, 6.45) is 3.99. The van der Waals surface area contributed by atoms with E-state index in [1.54, 1.807) is 6.07 Å². The van der Waals surface area contributed by atoms with Crippen molar-refractivity contribution in [2.75, 3.05) is 6.54 Å². The fraction of sp³-hybridized carbons (Fsp3) is 0.333. The molecule has 1 atom stereocenters. The van der Waals surface area contributed by atoms with Gasteiger partial charge in [0.1, 0.15) is 4.88 Å². The smallest absolute Gasteiger partial charge is 0.345 e. The maximum Gasteiger partial charge on any atom is 0.345 e. The van der Waals surface area contributed by atoms with E-state index in [9.17, 15) is 9.59 Å². The molecule has 0 bridgehead atoms. The minimum Gasteiger partial charge on any atom is -0.477 e. The van der Waals surface area contributed by atoms with Crippen LogP contribution in [0.25, 0.3) is 0 Å². The number of carbonyl (C=O) groups excluding carboxylic acids is 1. The van der Waals surface area contributed by atoms with E-state index in [2.05, 4.69) is 12.1 Å². The van der Waals surface area contributed by atoms with Crippen LogP contribution in [0.2, 0.25) is 0 Å². The van der Waals surface area contributed by atoms with Gasteiger partial charge in [-0.2, -0.15) is 0 Å². The highest BCUT2D eigenvalue weighted by atomic mass is 32.1. The zero-order valence-corrected chi connectivity index (χ0v) is 13.6. The number of aromatic carboxylic acids is 1. The second-order valence-corrected chi connectivity index (χ2v) is 6.89. The van der Waals surface area contributed by atoms with Crippen molar-refractivity contribution in [1.82, 2.24) is 4.90 Å². The van der Waals surface area contributed by atoms with E-state index in [4.69, 9.17) is 5.11 Å². The van der Waals surface area contributed by atoms with Gasteiger partial charge in [0.15, 0.2) is 0 Å². The highest BCUT2D eigenvalue weighted by Gasteiger charge is 2.28. The third-order valence-corrected chi connectivity index (χ3v) is 5.29. The van der Waals surface area contributed by atoms with Crippen molar-refractivity contribution in [3.05, 3.63) is 57.8 Å². The molecule has 1 aliphatic heterocycles. The predicted molar refractivity (Wildman–Crippen MR) is 90.1 cm³/mol. The summed E-state index contributed by atoms with van der Waals surface area (Å²) in [5.74, 6) is -1.02. The summed E-state index contributed by atoms with van der Waals surface area (Å²) in [6, 6.07) is 13.5. The number of likely N-dealkylation sites (tertiary alicyclic amines) is 1. The van der Waals surface area contributed by atoms with E-state index >= 15 is 0 Å². The molecule has 0 saturated carbocycles. The first-order chi connectivity index (χ1) is 11.1. The molecule has 1 fully saturated rings. The van der Waals surface area contributed by atoms with E-state index in [0.29, 0.717) is 4.88 Å². The highest BCUT2D eigenvalue weighted by Crippen LogP contribution is 2.25. The van der Waals surface area contributed by atoms with Crippen molar-refractivity contribution < 1.29 is 14.7 Å². The molecule has 1 amide bonds. The van der Waals surface area contributed by atoms with Gasteiger partial charge in [-0.25, -0.2) is 4.79 Å². The van der Waals surface area contributed by atoms with Gasteiger partial charge in [0, 0.05) is 12.6 Å². The molecule has 1 aromatic heterocycles. The SMILES string of the molecule is O=C(O)c1ccc(C(=O)N2CCCCC2Cc2ccccc2)s1. The fourth-order valence-corrected chi connectivity index (χ4v) is 3.88. The van der Waals surface area contributed by atoms with Crippen LogP contribution >= 0.6 is 11.3 Å². The Morgan fingerprint density at radius 1 is 1.09 bits per heavy atom. The van der Waals surface area contributed by atoms with Crippen molar-refractivity contribution in [1.29, 1.82) is 0 Å². The molecule has 1 aromatic carbocycles. The molecule has 5 heteroatoms. The number of hydrogen-bond donors (Lipinski definition) is 1. The number of rotatable bonds is 4. The van der Waals surface area contributed by atoms with Gasteiger partial charge in [-0.3, -0.25) is 4.79 Å². The summed E-state index contributed by atoms with van der Waals surface area (Å²) in [5.41, 5.74) is 1.23. The Labute approximate surface area is 139 Å². The normalized spacial score (nSPS) is 17.9. The van der Waals surface area contributed by atoms with Crippen LogP contribution in [-0.2, 0) is 6.42 Å². The third-order valence-electron chi connectivity index (χ3n) is 4.23. The van der Waals surface area contributed by atoms with Gasteiger partial charge in [0.25, 0.3) is 5.91 Å². The molecular weight excluding hydrogens is 310 g/mol. The van der Waals surface area contributed by atoms with E-state index in [-0.39, 0.29) is 16.8 Å². The number of amides is 1. The third kappa shape index (κ3) is 3.62. The van der Waals surface area contributed by atoms with Gasteiger partial charge in [-0.15, -0.1) is 11.3 Å². The predicted octanol–water partition coefficient (Wildman–Crippen LogP) is 3.68. The van der Waals surface area contributed by atoms with Crippen molar-refractivity contribution in [2.24, 2.45) is 0 Å². The molecule has 0 aliphatic carbocycles. The second-order valence-electron chi connectivity index (χ2n) is 5.81. The number of nitrogens with zero attached hydrogens (tertiary/aromatic N) is 1. The van der Waals surface area contributed by atoms with Gasteiger partial charge in [-0.05, 0) is 43.4 Å². The van der Waals surface area contributed by atoms with Gasteiger partial charge in [-0.1, -0.05) is 30.3 Å². The maximum atomic E-state index is 12.8. The van der Waals surface area contributed by atoms with Crippen LogP contribution in [0.4, 0.5) is 0 Å². The summed E-state index contributed by atoms with van der Waals surface area (Å²) in [6.45, 7) is 0.747. The Morgan fingerprint density at radius 3 is 2.52 bits per heavy atom. The molecule has 4 nitrogen and oxygen atoms in total. The summed E-state index contributed by atoms with van der Waals surface area (Å²) in [7, 11) is 0. The zero-order chi connectivity index (χ0) is 16.2. The van der Waals surface area contributed by atoms with Gasteiger partial charge < -0.3 is 10.0 Å². The largest absolute Gasteiger partial charge is 0.477 e. The monoisotopic (exact) mass is 329 g/mol. The lowest BCUT2D eigenvalue weighted by Crippen LogP contribution is -2.44. The van der Waals surface area contributed by atoms with Crippen molar-refractivity contribution in [3.63, 3.8) is 0 Å². The minimum atomic E-state index is -0.978. The van der Waals surface area contributed by atoms with Gasteiger partial charge >= 0.3 is 5.97 Å². The molecule has 3 rings (SSSR count). The molecule has 23 heavy (non-hydrogen) atoms.